The van der Waals surface area contributed by atoms with Crippen molar-refractivity contribution in [2.45, 2.75) is 48.8 Å². The van der Waals surface area contributed by atoms with Crippen LogP contribution in [-0.4, -0.2) is 130 Å². The molecule has 0 bridgehead atoms. The average molecular weight is 547 g/mol. The molecule has 0 aromatic carbocycles. The third-order valence-electron chi connectivity index (χ3n) is 9.41. The van der Waals surface area contributed by atoms with Gasteiger partial charge < -0.3 is 24.5 Å². The number of fused-ring (bicyclic) bond motifs is 2. The lowest BCUT2D eigenvalue weighted by atomic mass is 9.74. The number of thioether (sulfide) groups is 1. The van der Waals surface area contributed by atoms with Crippen molar-refractivity contribution >= 4 is 29.5 Å². The van der Waals surface area contributed by atoms with E-state index >= 15 is 0 Å². The largest absolute Gasteiger partial charge is 0.394 e. The quantitative estimate of drug-likeness (QED) is 0.473. The molecule has 5 aliphatic heterocycles. The van der Waals surface area contributed by atoms with Crippen LogP contribution in [0, 0.1) is 17.8 Å². The van der Waals surface area contributed by atoms with Gasteiger partial charge in [0, 0.05) is 51.1 Å². The van der Waals surface area contributed by atoms with Crippen molar-refractivity contribution in [3.63, 3.8) is 0 Å². The second-order valence-corrected chi connectivity index (χ2v) is 13.4. The van der Waals surface area contributed by atoms with Gasteiger partial charge in [-0.1, -0.05) is 44.6 Å². The molecule has 38 heavy (non-hydrogen) atoms. The van der Waals surface area contributed by atoms with Crippen molar-refractivity contribution in [1.82, 2.24) is 19.6 Å². The molecule has 3 fully saturated rings. The zero-order valence-corrected chi connectivity index (χ0v) is 23.9. The third kappa shape index (κ3) is 4.32. The smallest absolute Gasteiger partial charge is 0.247 e. The first-order chi connectivity index (χ1) is 18.2. The van der Waals surface area contributed by atoms with Crippen LogP contribution in [0.3, 0.4) is 0 Å². The maximum absolute atomic E-state index is 14.5. The predicted molar refractivity (Wildman–Crippen MR) is 146 cm³/mol. The van der Waals surface area contributed by atoms with Crippen molar-refractivity contribution in [1.29, 1.82) is 0 Å². The van der Waals surface area contributed by atoms with Gasteiger partial charge >= 0.3 is 0 Å². The molecule has 0 aromatic heterocycles. The van der Waals surface area contributed by atoms with E-state index in [4.69, 9.17) is 4.74 Å². The lowest BCUT2D eigenvalue weighted by Gasteiger charge is -2.41. The van der Waals surface area contributed by atoms with Crippen molar-refractivity contribution in [2.75, 3.05) is 66.1 Å². The molecule has 210 valence electrons. The van der Waals surface area contributed by atoms with E-state index in [1.54, 1.807) is 28.6 Å². The molecule has 10 heteroatoms. The number of rotatable bonds is 7. The second-order valence-electron chi connectivity index (χ2n) is 11.6. The SMILES string of the molecule is CC[C@H](C)[C@H](CO)N1C(=O)[C@@H]2[C@@H]3C(=O)N(C)CC=C[C@]3(C)S[C@@]23C=CCN(CCN2CCOCC2)C(=O)C13. The van der Waals surface area contributed by atoms with Gasteiger partial charge in [0.1, 0.15) is 6.04 Å². The summed E-state index contributed by atoms with van der Waals surface area (Å²) < 4.78 is 3.99. The Morgan fingerprint density at radius 2 is 1.76 bits per heavy atom. The van der Waals surface area contributed by atoms with E-state index in [1.165, 1.54) is 0 Å². The van der Waals surface area contributed by atoms with E-state index in [2.05, 4.69) is 17.1 Å². The third-order valence-corrected chi connectivity index (χ3v) is 11.2. The lowest BCUT2D eigenvalue weighted by Crippen LogP contribution is -2.58. The number of amides is 3. The van der Waals surface area contributed by atoms with Gasteiger partial charge in [-0.3, -0.25) is 19.3 Å². The number of aliphatic hydroxyl groups excluding tert-OH is 1. The molecule has 1 spiro atoms. The molecule has 5 aliphatic rings. The van der Waals surface area contributed by atoms with Gasteiger partial charge in [0.25, 0.3) is 0 Å². The molecule has 3 saturated heterocycles. The molecule has 0 aromatic rings. The van der Waals surface area contributed by atoms with Crippen LogP contribution in [0.4, 0.5) is 0 Å². The number of likely N-dealkylation sites (tertiary alicyclic amines) is 1. The number of ether oxygens (including phenoxy) is 1. The summed E-state index contributed by atoms with van der Waals surface area (Å²) in [5.41, 5.74) is 0. The standard InChI is InChI=1S/C28H42N4O5S/c1-5-19(2)20(18-33)32-23-26(36)31(13-12-30-14-16-37-17-15-30)11-7-9-28(23)22(25(32)35)21-24(34)29(4)10-6-8-27(21,3)38-28/h6-9,19-23,33H,5,10-18H2,1-4H3/t19-,20-,21+,22-,23?,27-,28-/m0/s1. The van der Waals surface area contributed by atoms with Crippen molar-refractivity contribution in [3.8, 4) is 0 Å². The highest BCUT2D eigenvalue weighted by atomic mass is 32.2. The van der Waals surface area contributed by atoms with E-state index in [-0.39, 0.29) is 30.2 Å². The Morgan fingerprint density at radius 3 is 2.45 bits per heavy atom. The summed E-state index contributed by atoms with van der Waals surface area (Å²) in [6, 6.07) is -1.26. The Balaban J connectivity index is 1.56. The Bertz CT molecular complexity index is 1020. The molecule has 1 N–H and O–H groups in total. The topological polar surface area (TPSA) is 93.6 Å². The van der Waals surface area contributed by atoms with Crippen molar-refractivity contribution in [2.24, 2.45) is 17.8 Å². The number of aliphatic hydroxyl groups is 1. The first-order valence-corrected chi connectivity index (χ1v) is 14.8. The van der Waals surface area contributed by atoms with Crippen molar-refractivity contribution < 1.29 is 24.2 Å². The van der Waals surface area contributed by atoms with Crippen LogP contribution in [-0.2, 0) is 19.1 Å². The number of carbonyl (C=O) groups excluding carboxylic acids is 3. The second kappa shape index (κ2) is 10.6. The molecule has 7 atom stereocenters. The van der Waals surface area contributed by atoms with E-state index in [9.17, 15) is 19.5 Å². The Kier molecular flexibility index (Phi) is 7.72. The monoisotopic (exact) mass is 546 g/mol. The number of likely N-dealkylation sites (N-methyl/N-ethyl adjacent to an activating group) is 1. The minimum atomic E-state index is -0.875. The van der Waals surface area contributed by atoms with Gasteiger partial charge in [-0.05, 0) is 12.8 Å². The number of morpholine rings is 1. The molecular weight excluding hydrogens is 504 g/mol. The van der Waals surface area contributed by atoms with Crippen LogP contribution in [0.5, 0.6) is 0 Å². The predicted octanol–water partition coefficient (Wildman–Crippen LogP) is 0.840. The Labute approximate surface area is 230 Å². The molecule has 0 saturated carbocycles. The summed E-state index contributed by atoms with van der Waals surface area (Å²) >= 11 is 1.60. The summed E-state index contributed by atoms with van der Waals surface area (Å²) in [5.74, 6) is -1.56. The number of carbonyl (C=O) groups is 3. The molecule has 3 amide bonds. The van der Waals surface area contributed by atoms with E-state index in [0.29, 0.717) is 32.8 Å². The van der Waals surface area contributed by atoms with Gasteiger partial charge in [-0.15, -0.1) is 11.8 Å². The minimum Gasteiger partial charge on any atom is -0.394 e. The maximum Gasteiger partial charge on any atom is 0.247 e. The molecule has 1 unspecified atom stereocenters. The van der Waals surface area contributed by atoms with Crippen LogP contribution < -0.4 is 0 Å². The van der Waals surface area contributed by atoms with E-state index < -0.39 is 33.4 Å². The lowest BCUT2D eigenvalue weighted by molar-refractivity contribution is -0.148. The first kappa shape index (κ1) is 27.7. The highest BCUT2D eigenvalue weighted by molar-refractivity contribution is 8.02. The highest BCUT2D eigenvalue weighted by Crippen LogP contribution is 2.65. The summed E-state index contributed by atoms with van der Waals surface area (Å²) in [6.45, 7) is 11.2. The summed E-state index contributed by atoms with van der Waals surface area (Å²) in [4.78, 5) is 50.3. The zero-order valence-electron chi connectivity index (χ0n) is 23.0. The first-order valence-electron chi connectivity index (χ1n) is 14.0. The van der Waals surface area contributed by atoms with Gasteiger partial charge in [0.05, 0.1) is 42.4 Å². The summed E-state index contributed by atoms with van der Waals surface area (Å²) in [7, 11) is 1.78. The van der Waals surface area contributed by atoms with Gasteiger partial charge in [-0.2, -0.15) is 0 Å². The fourth-order valence-corrected chi connectivity index (χ4v) is 9.23. The molecule has 0 aliphatic carbocycles. The fourth-order valence-electron chi connectivity index (χ4n) is 7.09. The van der Waals surface area contributed by atoms with Crippen LogP contribution in [0.1, 0.15) is 27.2 Å². The maximum atomic E-state index is 14.5. The highest BCUT2D eigenvalue weighted by Gasteiger charge is 2.74. The zero-order chi connectivity index (χ0) is 27.2. The summed E-state index contributed by atoms with van der Waals surface area (Å²) in [5, 5.41) is 10.5. The van der Waals surface area contributed by atoms with E-state index in [1.807, 2.05) is 37.8 Å². The van der Waals surface area contributed by atoms with Crippen LogP contribution >= 0.6 is 11.8 Å². The number of hydrogen-bond acceptors (Lipinski definition) is 7. The summed E-state index contributed by atoms with van der Waals surface area (Å²) in [6.07, 6.45) is 8.93. The van der Waals surface area contributed by atoms with Crippen LogP contribution in [0.2, 0.25) is 0 Å². The molecular formula is C28H42N4O5S. The van der Waals surface area contributed by atoms with Gasteiger partial charge in [0.15, 0.2) is 0 Å². The molecule has 9 nitrogen and oxygen atoms in total. The Hall–Kier alpha value is -1.88. The normalized spacial score (nSPS) is 37.1. The van der Waals surface area contributed by atoms with Gasteiger partial charge in [0.2, 0.25) is 17.7 Å². The number of nitrogens with zero attached hydrogens (tertiary/aromatic N) is 4. The fraction of sp³-hybridized carbons (Fsp3) is 0.750. The Morgan fingerprint density at radius 1 is 1.05 bits per heavy atom. The molecule has 0 radical (unpaired) electrons. The molecule has 5 rings (SSSR count). The van der Waals surface area contributed by atoms with Crippen LogP contribution in [0.25, 0.3) is 0 Å². The van der Waals surface area contributed by atoms with Crippen molar-refractivity contribution in [3.05, 3.63) is 24.3 Å². The van der Waals surface area contributed by atoms with Crippen LogP contribution in [0.15, 0.2) is 24.3 Å². The van der Waals surface area contributed by atoms with E-state index in [0.717, 1.165) is 26.1 Å². The molecule has 5 heterocycles. The van der Waals surface area contributed by atoms with Gasteiger partial charge in [-0.25, -0.2) is 0 Å². The minimum absolute atomic E-state index is 0.00504. The average Bonchev–Trinajstić information content (AvgIpc) is 3.19. The number of hydrogen-bond donors (Lipinski definition) is 1.